The van der Waals surface area contributed by atoms with E-state index in [9.17, 15) is 14.0 Å². The largest absolute Gasteiger partial charge is 0.493 e. The van der Waals surface area contributed by atoms with Crippen molar-refractivity contribution in [1.82, 2.24) is 10.2 Å². The Hall–Kier alpha value is -3.09. The molecular formula is C25H29FN2O4. The number of nitrogens with zero attached hydrogens (tertiary/aromatic N) is 1. The van der Waals surface area contributed by atoms with Crippen LogP contribution in [0, 0.1) is 5.82 Å². The zero-order valence-corrected chi connectivity index (χ0v) is 18.7. The van der Waals surface area contributed by atoms with E-state index in [0.29, 0.717) is 28.2 Å². The molecule has 1 aliphatic heterocycles. The van der Waals surface area contributed by atoms with Crippen LogP contribution < -0.4 is 14.8 Å². The Morgan fingerprint density at radius 3 is 2.34 bits per heavy atom. The second kappa shape index (κ2) is 9.18. The molecule has 6 nitrogen and oxygen atoms in total. The average Bonchev–Trinajstić information content (AvgIpc) is 2.81. The highest BCUT2D eigenvalue weighted by Gasteiger charge is 2.44. The topological polar surface area (TPSA) is 67.9 Å². The molecule has 0 bridgehead atoms. The number of nitrogens with one attached hydrogen (secondary N) is 1. The van der Waals surface area contributed by atoms with Crippen molar-refractivity contribution in [2.45, 2.75) is 50.1 Å². The first-order valence-corrected chi connectivity index (χ1v) is 11.0. The summed E-state index contributed by atoms with van der Waals surface area (Å²) in [5, 5.41) is 3.18. The fourth-order valence-electron chi connectivity index (χ4n) is 4.97. The highest BCUT2D eigenvalue weighted by atomic mass is 19.1. The molecule has 1 N–H and O–H groups in total. The predicted molar refractivity (Wildman–Crippen MR) is 119 cm³/mol. The van der Waals surface area contributed by atoms with Crippen LogP contribution in [0.25, 0.3) is 0 Å². The molecule has 2 unspecified atom stereocenters. The summed E-state index contributed by atoms with van der Waals surface area (Å²) in [6, 6.07) is 8.90. The van der Waals surface area contributed by atoms with Crippen LogP contribution >= 0.6 is 0 Å². The van der Waals surface area contributed by atoms with E-state index in [0.717, 1.165) is 25.7 Å². The van der Waals surface area contributed by atoms with Crippen molar-refractivity contribution in [3.63, 3.8) is 0 Å². The first-order chi connectivity index (χ1) is 15.5. The van der Waals surface area contributed by atoms with Gasteiger partial charge in [-0.1, -0.05) is 37.5 Å². The lowest BCUT2D eigenvalue weighted by Crippen LogP contribution is -2.48. The number of benzene rings is 2. The number of carbonyl (C=O) groups is 2. The van der Waals surface area contributed by atoms with Crippen LogP contribution in [-0.2, 0) is 4.79 Å². The summed E-state index contributed by atoms with van der Waals surface area (Å²) in [5.41, 5.74) is 1.20. The van der Waals surface area contributed by atoms with Gasteiger partial charge >= 0.3 is 0 Å². The number of methoxy groups -OCH3 is 2. The van der Waals surface area contributed by atoms with Gasteiger partial charge in [0.1, 0.15) is 5.82 Å². The SMILES string of the molecule is COc1cc2c(cc1OC)C(C(=O)NC1CCCCC1)C(c1ccccc1F)N(C)C2=O. The Morgan fingerprint density at radius 1 is 1.03 bits per heavy atom. The molecule has 1 saturated carbocycles. The van der Waals surface area contributed by atoms with E-state index >= 15 is 0 Å². The average molecular weight is 441 g/mol. The van der Waals surface area contributed by atoms with Gasteiger partial charge in [0, 0.05) is 24.2 Å². The van der Waals surface area contributed by atoms with Crippen LogP contribution in [-0.4, -0.2) is 44.0 Å². The summed E-state index contributed by atoms with van der Waals surface area (Å²) in [4.78, 5) is 28.5. The highest BCUT2D eigenvalue weighted by Crippen LogP contribution is 2.46. The van der Waals surface area contributed by atoms with Crippen molar-refractivity contribution < 1.29 is 23.5 Å². The molecule has 2 atom stereocenters. The lowest BCUT2D eigenvalue weighted by atomic mass is 9.78. The predicted octanol–water partition coefficient (Wildman–Crippen LogP) is 4.20. The molecule has 0 spiro atoms. The van der Waals surface area contributed by atoms with E-state index < -0.39 is 17.8 Å². The second-order valence-electron chi connectivity index (χ2n) is 8.50. The number of rotatable bonds is 5. The van der Waals surface area contributed by atoms with Gasteiger partial charge in [-0.25, -0.2) is 4.39 Å². The summed E-state index contributed by atoms with van der Waals surface area (Å²) in [7, 11) is 4.61. The fraction of sp³-hybridized carbons (Fsp3) is 0.440. The van der Waals surface area contributed by atoms with Gasteiger partial charge in [0.2, 0.25) is 5.91 Å². The van der Waals surface area contributed by atoms with Gasteiger partial charge in [-0.05, 0) is 36.6 Å². The Bertz CT molecular complexity index is 1020. The van der Waals surface area contributed by atoms with Crippen molar-refractivity contribution in [1.29, 1.82) is 0 Å². The normalized spacial score (nSPS) is 21.1. The third-order valence-electron chi connectivity index (χ3n) is 6.63. The van der Waals surface area contributed by atoms with Crippen LogP contribution in [0.3, 0.4) is 0 Å². The maximum Gasteiger partial charge on any atom is 0.254 e. The lowest BCUT2D eigenvalue weighted by molar-refractivity contribution is -0.125. The second-order valence-corrected chi connectivity index (χ2v) is 8.50. The molecule has 1 fully saturated rings. The molecule has 2 aromatic carbocycles. The van der Waals surface area contributed by atoms with Gasteiger partial charge in [-0.15, -0.1) is 0 Å². The minimum absolute atomic E-state index is 0.0871. The van der Waals surface area contributed by atoms with E-state index in [-0.39, 0.29) is 17.9 Å². The van der Waals surface area contributed by atoms with Crippen LogP contribution in [0.2, 0.25) is 0 Å². The van der Waals surface area contributed by atoms with Gasteiger partial charge in [-0.3, -0.25) is 9.59 Å². The van der Waals surface area contributed by atoms with E-state index in [1.807, 2.05) is 0 Å². The van der Waals surface area contributed by atoms with E-state index in [2.05, 4.69) is 5.32 Å². The molecule has 32 heavy (non-hydrogen) atoms. The quantitative estimate of drug-likeness (QED) is 0.757. The molecule has 2 aromatic rings. The Kier molecular flexibility index (Phi) is 6.35. The van der Waals surface area contributed by atoms with Crippen LogP contribution in [0.1, 0.15) is 65.5 Å². The third kappa shape index (κ3) is 3.92. The third-order valence-corrected chi connectivity index (χ3v) is 6.63. The summed E-state index contributed by atoms with van der Waals surface area (Å²) >= 11 is 0. The molecule has 1 aliphatic carbocycles. The number of halogens is 1. The molecule has 4 rings (SSSR count). The molecule has 170 valence electrons. The number of fused-ring (bicyclic) bond motifs is 1. The van der Waals surface area contributed by atoms with Crippen molar-refractivity contribution in [3.8, 4) is 11.5 Å². The molecule has 0 aromatic heterocycles. The summed E-state index contributed by atoms with van der Waals surface area (Å²) < 4.78 is 25.7. The standard InChI is InChI=1S/C25H29FN2O4/c1-28-23(16-11-7-8-12-19(16)26)22(24(29)27-15-9-5-4-6-10-15)17-13-20(31-2)21(32-3)14-18(17)25(28)30/h7-8,11-15,22-23H,4-6,9-10H2,1-3H3,(H,27,29). The van der Waals surface area contributed by atoms with Crippen molar-refractivity contribution >= 4 is 11.8 Å². The summed E-state index contributed by atoms with van der Waals surface area (Å²) in [5.74, 6) is -0.910. The van der Waals surface area contributed by atoms with E-state index in [4.69, 9.17) is 9.47 Å². The minimum atomic E-state index is -0.786. The van der Waals surface area contributed by atoms with E-state index in [1.54, 1.807) is 37.4 Å². The summed E-state index contributed by atoms with van der Waals surface area (Å²) in [6.45, 7) is 0. The summed E-state index contributed by atoms with van der Waals surface area (Å²) in [6.07, 6.45) is 5.18. The number of amides is 2. The smallest absolute Gasteiger partial charge is 0.254 e. The molecule has 7 heteroatoms. The Morgan fingerprint density at radius 2 is 1.69 bits per heavy atom. The zero-order chi connectivity index (χ0) is 22.8. The van der Waals surface area contributed by atoms with Gasteiger partial charge in [0.05, 0.1) is 26.2 Å². The first kappa shape index (κ1) is 22.1. The molecule has 1 heterocycles. The fourth-order valence-corrected chi connectivity index (χ4v) is 4.97. The van der Waals surface area contributed by atoms with Crippen molar-refractivity contribution in [3.05, 3.63) is 58.9 Å². The lowest BCUT2D eigenvalue weighted by Gasteiger charge is -2.40. The first-order valence-electron chi connectivity index (χ1n) is 11.0. The van der Waals surface area contributed by atoms with Crippen molar-refractivity contribution in [2.75, 3.05) is 21.3 Å². The molecule has 0 radical (unpaired) electrons. The molecular weight excluding hydrogens is 411 g/mol. The minimum Gasteiger partial charge on any atom is -0.493 e. The monoisotopic (exact) mass is 440 g/mol. The number of ether oxygens (including phenoxy) is 2. The number of likely N-dealkylation sites (N-methyl/N-ethyl adjacent to an activating group) is 1. The maximum atomic E-state index is 14.9. The highest BCUT2D eigenvalue weighted by molar-refractivity contribution is 6.02. The van der Waals surface area contributed by atoms with E-state index in [1.165, 1.54) is 31.6 Å². The van der Waals surface area contributed by atoms with Crippen LogP contribution in [0.5, 0.6) is 11.5 Å². The number of hydrogen-bond acceptors (Lipinski definition) is 4. The van der Waals surface area contributed by atoms with Gasteiger partial charge in [0.15, 0.2) is 11.5 Å². The molecule has 0 saturated heterocycles. The Balaban J connectivity index is 1.85. The van der Waals surface area contributed by atoms with Crippen LogP contribution in [0.15, 0.2) is 36.4 Å². The molecule has 2 aliphatic rings. The van der Waals surface area contributed by atoms with Gasteiger partial charge < -0.3 is 19.7 Å². The number of carbonyl (C=O) groups excluding carboxylic acids is 2. The molecule has 2 amide bonds. The maximum absolute atomic E-state index is 14.9. The Labute approximate surface area is 187 Å². The number of hydrogen-bond donors (Lipinski definition) is 1. The van der Waals surface area contributed by atoms with Gasteiger partial charge in [0.25, 0.3) is 5.91 Å². The zero-order valence-electron chi connectivity index (χ0n) is 18.7. The van der Waals surface area contributed by atoms with Crippen molar-refractivity contribution in [2.24, 2.45) is 0 Å². The van der Waals surface area contributed by atoms with Gasteiger partial charge in [-0.2, -0.15) is 0 Å². The van der Waals surface area contributed by atoms with Crippen LogP contribution in [0.4, 0.5) is 4.39 Å².